The number of carbonyl (C=O) groups excluding carboxylic acids is 1. The van der Waals surface area contributed by atoms with Gasteiger partial charge in [0.1, 0.15) is 5.82 Å². The van der Waals surface area contributed by atoms with E-state index in [0.29, 0.717) is 37.4 Å². The number of hydrogen-bond donors (Lipinski definition) is 0. The predicted octanol–water partition coefficient (Wildman–Crippen LogP) is 2.19. The lowest BCUT2D eigenvalue weighted by Gasteiger charge is -2.26. The fourth-order valence-corrected chi connectivity index (χ4v) is 4.36. The maximum Gasteiger partial charge on any atom is 0.363 e. The fraction of sp³-hybridized carbons (Fsp3) is 0.200. The molecule has 0 atom stereocenters. The maximum atomic E-state index is 13.0. The first-order valence-electron chi connectivity index (χ1n) is 8.90. The molecule has 0 spiro atoms. The van der Waals surface area contributed by atoms with E-state index in [1.165, 1.54) is 46.8 Å². The zero-order valence-corrected chi connectivity index (χ0v) is 16.1. The van der Waals surface area contributed by atoms with Crippen LogP contribution in [0.4, 0.5) is 4.39 Å². The van der Waals surface area contributed by atoms with Crippen LogP contribution in [0.5, 0.6) is 0 Å². The molecular weight excluding hydrogens is 399 g/mol. The summed E-state index contributed by atoms with van der Waals surface area (Å²) in [6, 6.07) is 11.6. The number of morpholine rings is 1. The van der Waals surface area contributed by atoms with Crippen molar-refractivity contribution in [2.75, 3.05) is 26.3 Å². The van der Waals surface area contributed by atoms with Crippen LogP contribution in [0.1, 0.15) is 11.1 Å². The van der Waals surface area contributed by atoms with Crippen LogP contribution < -0.4 is 0 Å². The van der Waals surface area contributed by atoms with Crippen LogP contribution >= 0.6 is 0 Å². The average Bonchev–Trinajstić information content (AvgIpc) is 3.11. The molecule has 0 aromatic heterocycles. The molecule has 0 aliphatic carbocycles. The molecule has 9 heteroatoms. The third kappa shape index (κ3) is 4.12. The van der Waals surface area contributed by atoms with E-state index in [9.17, 15) is 17.6 Å². The smallest absolute Gasteiger partial charge is 0.363 e. The molecule has 4 rings (SSSR count). The maximum absolute atomic E-state index is 13.0. The van der Waals surface area contributed by atoms with Crippen LogP contribution in [-0.4, -0.2) is 50.9 Å². The summed E-state index contributed by atoms with van der Waals surface area (Å²) in [5.41, 5.74) is 1.16. The number of cyclic esters (lactones) is 1. The van der Waals surface area contributed by atoms with Gasteiger partial charge in [0, 0.05) is 18.7 Å². The molecule has 0 radical (unpaired) electrons. The molecule has 0 saturated carbocycles. The van der Waals surface area contributed by atoms with Crippen molar-refractivity contribution >= 4 is 28.0 Å². The van der Waals surface area contributed by atoms with Crippen LogP contribution in [-0.2, 0) is 24.3 Å². The van der Waals surface area contributed by atoms with E-state index in [-0.39, 0.29) is 22.3 Å². The largest absolute Gasteiger partial charge is 0.402 e. The summed E-state index contributed by atoms with van der Waals surface area (Å²) in [6.07, 6.45) is 1.49. The third-order valence-electron chi connectivity index (χ3n) is 4.50. The van der Waals surface area contributed by atoms with E-state index in [1.807, 2.05) is 0 Å². The van der Waals surface area contributed by atoms with Crippen molar-refractivity contribution in [3.05, 3.63) is 71.2 Å². The van der Waals surface area contributed by atoms with Gasteiger partial charge in [-0.3, -0.25) is 0 Å². The number of nitrogens with zero attached hydrogens (tertiary/aromatic N) is 2. The molecule has 2 aliphatic rings. The SMILES string of the molecule is O=C1OC(c2ccc(S(=O)(=O)N3CCOCC3)cc2)=NC1=Cc1ccc(F)cc1. The number of esters is 1. The van der Waals surface area contributed by atoms with Gasteiger partial charge in [0.2, 0.25) is 15.9 Å². The van der Waals surface area contributed by atoms with Gasteiger partial charge in [-0.05, 0) is 48.0 Å². The highest BCUT2D eigenvalue weighted by Crippen LogP contribution is 2.22. The zero-order valence-electron chi connectivity index (χ0n) is 15.2. The highest BCUT2D eigenvalue weighted by Gasteiger charge is 2.28. The number of hydrogen-bond acceptors (Lipinski definition) is 6. The Morgan fingerprint density at radius 1 is 1.00 bits per heavy atom. The van der Waals surface area contributed by atoms with Gasteiger partial charge in [-0.1, -0.05) is 12.1 Å². The van der Waals surface area contributed by atoms with Crippen molar-refractivity contribution in [3.63, 3.8) is 0 Å². The van der Waals surface area contributed by atoms with Gasteiger partial charge < -0.3 is 9.47 Å². The van der Waals surface area contributed by atoms with Crippen LogP contribution in [0.3, 0.4) is 0 Å². The molecule has 7 nitrogen and oxygen atoms in total. The second-order valence-electron chi connectivity index (χ2n) is 6.43. The molecule has 2 aromatic carbocycles. The van der Waals surface area contributed by atoms with Gasteiger partial charge in [-0.2, -0.15) is 4.31 Å². The Morgan fingerprint density at radius 2 is 1.66 bits per heavy atom. The average molecular weight is 416 g/mol. The van der Waals surface area contributed by atoms with Crippen molar-refractivity contribution in [3.8, 4) is 0 Å². The Morgan fingerprint density at radius 3 is 2.31 bits per heavy atom. The van der Waals surface area contributed by atoms with Crippen molar-refractivity contribution in [1.29, 1.82) is 0 Å². The van der Waals surface area contributed by atoms with E-state index in [1.54, 1.807) is 12.1 Å². The monoisotopic (exact) mass is 416 g/mol. The minimum atomic E-state index is -3.60. The Balaban J connectivity index is 1.56. The molecule has 2 heterocycles. The quantitative estimate of drug-likeness (QED) is 0.564. The minimum Gasteiger partial charge on any atom is -0.402 e. The van der Waals surface area contributed by atoms with Gasteiger partial charge in [0.25, 0.3) is 0 Å². The highest BCUT2D eigenvalue weighted by atomic mass is 32.2. The molecule has 29 heavy (non-hydrogen) atoms. The van der Waals surface area contributed by atoms with Crippen LogP contribution in [0.2, 0.25) is 0 Å². The van der Waals surface area contributed by atoms with Crippen LogP contribution in [0.15, 0.2) is 64.1 Å². The molecule has 0 N–H and O–H groups in total. The molecule has 2 aliphatic heterocycles. The molecule has 0 bridgehead atoms. The third-order valence-corrected chi connectivity index (χ3v) is 6.42. The number of ether oxygens (including phenoxy) is 2. The zero-order chi connectivity index (χ0) is 20.4. The Bertz CT molecular complexity index is 1090. The van der Waals surface area contributed by atoms with Gasteiger partial charge in [-0.25, -0.2) is 22.6 Å². The Labute approximate surface area is 167 Å². The molecule has 0 unspecified atom stereocenters. The molecule has 150 valence electrons. The lowest BCUT2D eigenvalue weighted by atomic mass is 10.2. The van der Waals surface area contributed by atoms with Crippen LogP contribution in [0.25, 0.3) is 6.08 Å². The Hall–Kier alpha value is -2.88. The first-order chi connectivity index (χ1) is 13.9. The second-order valence-corrected chi connectivity index (χ2v) is 8.37. The molecule has 2 aromatic rings. The summed E-state index contributed by atoms with van der Waals surface area (Å²) >= 11 is 0. The predicted molar refractivity (Wildman–Crippen MR) is 103 cm³/mol. The summed E-state index contributed by atoms with van der Waals surface area (Å²) in [4.78, 5) is 16.4. The Kier molecular flexibility index (Phi) is 5.27. The molecule has 1 fully saturated rings. The normalized spacial score (nSPS) is 19.3. The number of rotatable bonds is 4. The highest BCUT2D eigenvalue weighted by molar-refractivity contribution is 7.89. The number of benzene rings is 2. The topological polar surface area (TPSA) is 85.3 Å². The van der Waals surface area contributed by atoms with E-state index >= 15 is 0 Å². The summed E-state index contributed by atoms with van der Waals surface area (Å²) in [6.45, 7) is 1.36. The van der Waals surface area contributed by atoms with E-state index in [2.05, 4.69) is 4.99 Å². The van der Waals surface area contributed by atoms with Crippen LogP contribution in [0, 0.1) is 5.82 Å². The number of halogens is 1. The van der Waals surface area contributed by atoms with Crippen molar-refractivity contribution in [2.24, 2.45) is 4.99 Å². The van der Waals surface area contributed by atoms with E-state index < -0.39 is 16.0 Å². The first kappa shape index (κ1) is 19.4. The molecule has 1 saturated heterocycles. The molecular formula is C20H17FN2O5S. The van der Waals surface area contributed by atoms with Gasteiger partial charge >= 0.3 is 5.97 Å². The summed E-state index contributed by atoms with van der Waals surface area (Å²) in [5, 5.41) is 0. The van der Waals surface area contributed by atoms with Crippen molar-refractivity contribution in [1.82, 2.24) is 4.31 Å². The van der Waals surface area contributed by atoms with Crippen molar-refractivity contribution in [2.45, 2.75) is 4.90 Å². The fourth-order valence-electron chi connectivity index (χ4n) is 2.96. The lowest BCUT2D eigenvalue weighted by Crippen LogP contribution is -2.40. The van der Waals surface area contributed by atoms with Crippen molar-refractivity contribution < 1.29 is 27.1 Å². The minimum absolute atomic E-state index is 0.0802. The summed E-state index contributed by atoms with van der Waals surface area (Å²) < 4.78 is 50.1. The number of aliphatic imine (C=N–C) groups is 1. The second kappa shape index (κ2) is 7.86. The summed E-state index contributed by atoms with van der Waals surface area (Å²) in [7, 11) is -3.60. The van der Waals surface area contributed by atoms with Gasteiger partial charge in [0.15, 0.2) is 5.70 Å². The first-order valence-corrected chi connectivity index (χ1v) is 10.3. The summed E-state index contributed by atoms with van der Waals surface area (Å²) in [5.74, 6) is -0.925. The number of sulfonamides is 1. The standard InChI is InChI=1S/C20H17FN2O5S/c21-16-5-1-14(2-6-16)13-18-20(24)28-19(22-18)15-3-7-17(8-4-15)29(25,26)23-9-11-27-12-10-23/h1-8,13H,9-12H2. The lowest BCUT2D eigenvalue weighted by molar-refractivity contribution is -0.129. The van der Waals surface area contributed by atoms with E-state index in [4.69, 9.17) is 9.47 Å². The van der Waals surface area contributed by atoms with Gasteiger partial charge in [-0.15, -0.1) is 0 Å². The number of carbonyl (C=O) groups is 1. The van der Waals surface area contributed by atoms with E-state index in [0.717, 1.165) is 0 Å². The van der Waals surface area contributed by atoms with Gasteiger partial charge in [0.05, 0.1) is 18.1 Å². The molecule has 0 amide bonds.